The molecule has 0 fully saturated rings. The van der Waals surface area contributed by atoms with E-state index in [2.05, 4.69) is 10.4 Å². The van der Waals surface area contributed by atoms with Gasteiger partial charge < -0.3 is 10.1 Å². The van der Waals surface area contributed by atoms with Crippen LogP contribution in [0.25, 0.3) is 0 Å². The number of hydrogen-bond acceptors (Lipinski definition) is 5. The fourth-order valence-electron chi connectivity index (χ4n) is 3.11. The largest absolute Gasteiger partial charge is 0.482 e. The normalized spacial score (nSPS) is 10.6. The molecule has 3 aromatic rings. The Morgan fingerprint density at radius 2 is 2.03 bits per heavy atom. The second-order valence-electron chi connectivity index (χ2n) is 6.97. The van der Waals surface area contributed by atoms with E-state index >= 15 is 0 Å². The smallest absolute Gasteiger partial charge is 0.311 e. The van der Waals surface area contributed by atoms with Gasteiger partial charge in [0.05, 0.1) is 11.1 Å². The third-order valence-corrected chi connectivity index (χ3v) is 4.84. The Labute approximate surface area is 174 Å². The first-order valence-corrected chi connectivity index (χ1v) is 9.65. The maximum atomic E-state index is 12.5. The molecule has 0 radical (unpaired) electrons. The van der Waals surface area contributed by atoms with E-state index in [-0.39, 0.29) is 24.0 Å². The molecule has 1 N–H and O–H groups in total. The Hall–Kier alpha value is -3.68. The lowest BCUT2D eigenvalue weighted by molar-refractivity contribution is -0.386. The molecule has 2 aromatic carbocycles. The van der Waals surface area contributed by atoms with Gasteiger partial charge in [0, 0.05) is 36.0 Å². The lowest BCUT2D eigenvalue weighted by Crippen LogP contribution is -2.23. The van der Waals surface area contributed by atoms with E-state index in [1.807, 2.05) is 24.6 Å². The Kier molecular flexibility index (Phi) is 6.46. The van der Waals surface area contributed by atoms with Crippen LogP contribution in [0.5, 0.6) is 5.75 Å². The van der Waals surface area contributed by atoms with Crippen LogP contribution in [0.15, 0.2) is 48.7 Å². The summed E-state index contributed by atoms with van der Waals surface area (Å²) >= 11 is 0. The number of ether oxygens (including phenoxy) is 1. The average Bonchev–Trinajstić information content (AvgIpc) is 3.10. The van der Waals surface area contributed by atoms with Gasteiger partial charge in [-0.3, -0.25) is 19.6 Å². The van der Waals surface area contributed by atoms with E-state index in [4.69, 9.17) is 4.74 Å². The Balaban J connectivity index is 1.65. The fourth-order valence-corrected chi connectivity index (χ4v) is 3.11. The molecule has 0 aliphatic heterocycles. The molecular weight excluding hydrogens is 384 g/mol. The maximum Gasteiger partial charge on any atom is 0.311 e. The van der Waals surface area contributed by atoms with Gasteiger partial charge in [0.15, 0.2) is 5.75 Å². The van der Waals surface area contributed by atoms with Crippen molar-refractivity contribution in [2.24, 2.45) is 0 Å². The minimum absolute atomic E-state index is 0.0770. The van der Waals surface area contributed by atoms with Crippen LogP contribution in [-0.2, 0) is 19.7 Å². The molecule has 8 nitrogen and oxygen atoms in total. The van der Waals surface area contributed by atoms with Gasteiger partial charge in [0.1, 0.15) is 6.61 Å². The molecule has 0 aliphatic carbocycles. The number of rotatable bonds is 8. The Morgan fingerprint density at radius 3 is 2.73 bits per heavy atom. The first-order valence-electron chi connectivity index (χ1n) is 9.65. The number of nitro groups is 1. The standard InChI is InChI=1S/C22H24N4O4/c1-4-25-16(3)19(13-24-25)12-23-22(27)18-7-5-6-17(11-18)14-30-21-9-8-15(2)10-20(21)26(28)29/h5-11,13H,4,12,14H2,1-3H3,(H,23,27). The molecule has 0 aliphatic rings. The van der Waals surface area contributed by atoms with Gasteiger partial charge in [-0.1, -0.05) is 18.2 Å². The van der Waals surface area contributed by atoms with Gasteiger partial charge in [-0.2, -0.15) is 5.10 Å². The zero-order valence-corrected chi connectivity index (χ0v) is 17.2. The monoisotopic (exact) mass is 408 g/mol. The number of nitrogens with zero attached hydrogens (tertiary/aromatic N) is 3. The molecule has 0 spiro atoms. The minimum Gasteiger partial charge on any atom is -0.482 e. The molecule has 3 rings (SSSR count). The van der Waals surface area contributed by atoms with Crippen LogP contribution in [0, 0.1) is 24.0 Å². The summed E-state index contributed by atoms with van der Waals surface area (Å²) < 4.78 is 7.53. The lowest BCUT2D eigenvalue weighted by atomic mass is 10.1. The number of carbonyl (C=O) groups is 1. The second-order valence-corrected chi connectivity index (χ2v) is 6.97. The van der Waals surface area contributed by atoms with Crippen LogP contribution in [-0.4, -0.2) is 20.6 Å². The summed E-state index contributed by atoms with van der Waals surface area (Å²) in [4.78, 5) is 23.3. The Morgan fingerprint density at radius 1 is 1.23 bits per heavy atom. The quantitative estimate of drug-likeness (QED) is 0.450. The van der Waals surface area contributed by atoms with Crippen LogP contribution in [0.3, 0.4) is 0 Å². The summed E-state index contributed by atoms with van der Waals surface area (Å²) in [6, 6.07) is 11.8. The van der Waals surface area contributed by atoms with Crippen molar-refractivity contribution in [3.8, 4) is 5.75 Å². The molecule has 156 valence electrons. The van der Waals surface area contributed by atoms with Gasteiger partial charge >= 0.3 is 5.69 Å². The SMILES string of the molecule is CCn1ncc(CNC(=O)c2cccc(COc3ccc(C)cc3[N+](=O)[O-])c2)c1C. The van der Waals surface area contributed by atoms with E-state index in [1.54, 1.807) is 43.5 Å². The summed E-state index contributed by atoms with van der Waals surface area (Å²) in [6.07, 6.45) is 1.76. The molecule has 8 heteroatoms. The topological polar surface area (TPSA) is 99.3 Å². The number of amides is 1. The average molecular weight is 408 g/mol. The summed E-state index contributed by atoms with van der Waals surface area (Å²) in [5, 5.41) is 18.4. The van der Waals surface area contributed by atoms with Crippen LogP contribution < -0.4 is 10.1 Å². The predicted octanol–water partition coefficient (Wildman–Crippen LogP) is 3.94. The van der Waals surface area contributed by atoms with Crippen molar-refractivity contribution in [3.63, 3.8) is 0 Å². The van der Waals surface area contributed by atoms with E-state index in [0.29, 0.717) is 12.1 Å². The third kappa shape index (κ3) is 4.83. The highest BCUT2D eigenvalue weighted by Crippen LogP contribution is 2.28. The molecule has 0 saturated heterocycles. The maximum absolute atomic E-state index is 12.5. The zero-order chi connectivity index (χ0) is 21.7. The number of aromatic nitrogens is 2. The van der Waals surface area contributed by atoms with E-state index < -0.39 is 4.92 Å². The second kappa shape index (κ2) is 9.21. The first-order chi connectivity index (χ1) is 14.4. The summed E-state index contributed by atoms with van der Waals surface area (Å²) in [5.74, 6) is -0.00863. The van der Waals surface area contributed by atoms with Crippen molar-refractivity contribution in [1.82, 2.24) is 15.1 Å². The molecule has 1 aromatic heterocycles. The number of carbonyl (C=O) groups excluding carboxylic acids is 1. The van der Waals surface area contributed by atoms with E-state index in [9.17, 15) is 14.9 Å². The van der Waals surface area contributed by atoms with Crippen LogP contribution >= 0.6 is 0 Å². The summed E-state index contributed by atoms with van der Waals surface area (Å²) in [5.41, 5.74) is 3.94. The van der Waals surface area contributed by atoms with Crippen molar-refractivity contribution in [1.29, 1.82) is 0 Å². The minimum atomic E-state index is -0.463. The van der Waals surface area contributed by atoms with Crippen LogP contribution in [0.4, 0.5) is 5.69 Å². The molecule has 0 unspecified atom stereocenters. The zero-order valence-electron chi connectivity index (χ0n) is 17.2. The summed E-state index contributed by atoms with van der Waals surface area (Å²) in [7, 11) is 0. The van der Waals surface area contributed by atoms with Gasteiger partial charge in [-0.25, -0.2) is 0 Å². The van der Waals surface area contributed by atoms with Crippen molar-refractivity contribution in [2.45, 2.75) is 40.5 Å². The molecule has 30 heavy (non-hydrogen) atoms. The van der Waals surface area contributed by atoms with Crippen molar-refractivity contribution in [3.05, 3.63) is 86.7 Å². The van der Waals surface area contributed by atoms with Crippen molar-refractivity contribution in [2.75, 3.05) is 0 Å². The lowest BCUT2D eigenvalue weighted by Gasteiger charge is -2.09. The van der Waals surface area contributed by atoms with Crippen molar-refractivity contribution < 1.29 is 14.5 Å². The van der Waals surface area contributed by atoms with E-state index in [1.165, 1.54) is 6.07 Å². The Bertz CT molecular complexity index is 1070. The van der Waals surface area contributed by atoms with Crippen molar-refractivity contribution >= 4 is 11.6 Å². The third-order valence-electron chi connectivity index (χ3n) is 4.84. The molecule has 0 bridgehead atoms. The van der Waals surface area contributed by atoms with Gasteiger partial charge in [0.25, 0.3) is 5.91 Å². The van der Waals surface area contributed by atoms with Gasteiger partial charge in [-0.05, 0) is 50.1 Å². The molecule has 0 atom stereocenters. The highest BCUT2D eigenvalue weighted by atomic mass is 16.6. The number of nitro benzene ring substituents is 1. The van der Waals surface area contributed by atoms with Crippen LogP contribution in [0.2, 0.25) is 0 Å². The highest BCUT2D eigenvalue weighted by molar-refractivity contribution is 5.94. The summed E-state index contributed by atoms with van der Waals surface area (Å²) in [6.45, 7) is 7.06. The highest BCUT2D eigenvalue weighted by Gasteiger charge is 2.15. The van der Waals surface area contributed by atoms with E-state index in [0.717, 1.165) is 28.9 Å². The number of aryl methyl sites for hydroxylation is 2. The number of hydrogen-bond donors (Lipinski definition) is 1. The predicted molar refractivity (Wildman–Crippen MR) is 112 cm³/mol. The number of nitrogens with one attached hydrogen (secondary N) is 1. The molecule has 1 amide bonds. The van der Waals surface area contributed by atoms with Gasteiger partial charge in [-0.15, -0.1) is 0 Å². The first kappa shape index (κ1) is 21.0. The van der Waals surface area contributed by atoms with Gasteiger partial charge in [0.2, 0.25) is 0 Å². The molecular formula is C22H24N4O4. The molecule has 1 heterocycles. The fraction of sp³-hybridized carbons (Fsp3) is 0.273. The van der Waals surface area contributed by atoms with Crippen LogP contribution in [0.1, 0.15) is 39.7 Å². The number of benzene rings is 2. The molecule has 0 saturated carbocycles.